The van der Waals surface area contributed by atoms with E-state index in [4.69, 9.17) is 4.42 Å². The summed E-state index contributed by atoms with van der Waals surface area (Å²) in [6.07, 6.45) is 1.76. The van der Waals surface area contributed by atoms with Crippen LogP contribution in [0.4, 0.5) is 0 Å². The normalized spacial score (nSPS) is 13.9. The molecule has 0 aliphatic heterocycles. The zero-order valence-corrected chi connectivity index (χ0v) is 10.1. The number of hydrogen-bond acceptors (Lipinski definition) is 5. The zero-order valence-electron chi connectivity index (χ0n) is 9.30. The molecule has 0 saturated carbocycles. The van der Waals surface area contributed by atoms with Crippen LogP contribution in [0.1, 0.15) is 25.5 Å². The summed E-state index contributed by atoms with van der Waals surface area (Å²) in [6, 6.07) is 0. The maximum Gasteiger partial charge on any atom is 0.261 e. The van der Waals surface area contributed by atoms with E-state index in [9.17, 15) is 13.5 Å². The van der Waals surface area contributed by atoms with Crippen LogP contribution in [-0.2, 0) is 10.0 Å². The lowest BCUT2D eigenvalue weighted by Crippen LogP contribution is -2.32. The number of nitrogens with one attached hydrogen (secondary N) is 1. The Morgan fingerprint density at radius 2 is 2.31 bits per heavy atom. The van der Waals surface area contributed by atoms with Crippen LogP contribution in [0.25, 0.3) is 0 Å². The van der Waals surface area contributed by atoms with Crippen molar-refractivity contribution in [3.8, 4) is 0 Å². The number of nitrogens with zero attached hydrogens (tertiary/aromatic N) is 1. The maximum absolute atomic E-state index is 11.7. The summed E-state index contributed by atoms with van der Waals surface area (Å²) in [6.45, 7) is 3.42. The molecule has 0 fully saturated rings. The van der Waals surface area contributed by atoms with E-state index >= 15 is 0 Å². The molecule has 1 rings (SSSR count). The van der Waals surface area contributed by atoms with Crippen molar-refractivity contribution in [2.75, 3.05) is 6.54 Å². The molecule has 0 spiro atoms. The summed E-state index contributed by atoms with van der Waals surface area (Å²) >= 11 is 0. The Morgan fingerprint density at radius 3 is 2.81 bits per heavy atom. The molecular formula is C9H16N2O4S. The summed E-state index contributed by atoms with van der Waals surface area (Å²) < 4.78 is 30.5. The number of oxazole rings is 1. The minimum absolute atomic E-state index is 0.0114. The van der Waals surface area contributed by atoms with Gasteiger partial charge in [0, 0.05) is 6.54 Å². The monoisotopic (exact) mass is 248 g/mol. The molecule has 1 aromatic heterocycles. The fourth-order valence-electron chi connectivity index (χ4n) is 1.26. The van der Waals surface area contributed by atoms with E-state index in [1.165, 1.54) is 6.92 Å². The molecule has 0 radical (unpaired) electrons. The van der Waals surface area contributed by atoms with Gasteiger partial charge in [0.1, 0.15) is 5.76 Å². The third-order valence-corrected chi connectivity index (χ3v) is 3.53. The van der Waals surface area contributed by atoms with Crippen LogP contribution in [0.2, 0.25) is 0 Å². The lowest BCUT2D eigenvalue weighted by molar-refractivity contribution is 0.167. The van der Waals surface area contributed by atoms with Crippen molar-refractivity contribution < 1.29 is 17.9 Å². The number of sulfonamides is 1. The number of aryl methyl sites for hydroxylation is 1. The Balaban J connectivity index is 2.63. The largest absolute Gasteiger partial charge is 0.447 e. The maximum atomic E-state index is 11.7. The van der Waals surface area contributed by atoms with E-state index < -0.39 is 16.1 Å². The molecule has 0 saturated heterocycles. The first-order valence-corrected chi connectivity index (χ1v) is 6.53. The first-order chi connectivity index (χ1) is 7.47. The SMILES string of the molecule is CCCC(O)CNS(=O)(=O)c1ncoc1C. The Morgan fingerprint density at radius 1 is 1.62 bits per heavy atom. The second-order valence-electron chi connectivity index (χ2n) is 3.51. The average Bonchev–Trinajstić information content (AvgIpc) is 2.63. The van der Waals surface area contributed by atoms with Crippen molar-refractivity contribution in [1.29, 1.82) is 0 Å². The second kappa shape index (κ2) is 5.42. The molecule has 0 amide bonds. The van der Waals surface area contributed by atoms with Crippen molar-refractivity contribution in [2.24, 2.45) is 0 Å². The van der Waals surface area contributed by atoms with Gasteiger partial charge < -0.3 is 9.52 Å². The van der Waals surface area contributed by atoms with E-state index in [0.29, 0.717) is 6.42 Å². The first-order valence-electron chi connectivity index (χ1n) is 5.05. The summed E-state index contributed by atoms with van der Waals surface area (Å²) in [5.41, 5.74) is 0. The molecule has 2 N–H and O–H groups in total. The fraction of sp³-hybridized carbons (Fsp3) is 0.667. The molecule has 0 aromatic carbocycles. The topological polar surface area (TPSA) is 92.4 Å². The smallest absolute Gasteiger partial charge is 0.261 e. The van der Waals surface area contributed by atoms with E-state index in [0.717, 1.165) is 12.8 Å². The predicted octanol–water partition coefficient (Wildman–Crippen LogP) is 0.422. The number of aromatic nitrogens is 1. The summed E-state index contributed by atoms with van der Waals surface area (Å²) in [7, 11) is -3.68. The molecule has 1 unspecified atom stereocenters. The molecule has 0 bridgehead atoms. The number of rotatable bonds is 6. The summed E-state index contributed by atoms with van der Waals surface area (Å²) in [5.74, 6) is 0.234. The van der Waals surface area contributed by atoms with Gasteiger partial charge in [0.05, 0.1) is 6.10 Å². The first kappa shape index (κ1) is 13.1. The highest BCUT2D eigenvalue weighted by molar-refractivity contribution is 7.89. The lowest BCUT2D eigenvalue weighted by atomic mass is 10.2. The van der Waals surface area contributed by atoms with Crippen molar-refractivity contribution in [3.63, 3.8) is 0 Å². The molecule has 1 heterocycles. The molecule has 7 heteroatoms. The van der Waals surface area contributed by atoms with Gasteiger partial charge in [-0.2, -0.15) is 0 Å². The van der Waals surface area contributed by atoms with Crippen molar-refractivity contribution in [1.82, 2.24) is 9.71 Å². The Kier molecular flexibility index (Phi) is 4.45. The van der Waals surface area contributed by atoms with Gasteiger partial charge in [-0.3, -0.25) is 0 Å². The number of aliphatic hydroxyl groups is 1. The van der Waals surface area contributed by atoms with Gasteiger partial charge in [0.2, 0.25) is 5.03 Å². The minimum Gasteiger partial charge on any atom is -0.447 e. The molecule has 92 valence electrons. The predicted molar refractivity (Wildman–Crippen MR) is 57.3 cm³/mol. The zero-order chi connectivity index (χ0) is 12.2. The van der Waals surface area contributed by atoms with E-state index in [1.54, 1.807) is 0 Å². The van der Waals surface area contributed by atoms with Crippen LogP contribution < -0.4 is 4.72 Å². The van der Waals surface area contributed by atoms with Gasteiger partial charge in [-0.15, -0.1) is 0 Å². The van der Waals surface area contributed by atoms with Gasteiger partial charge in [-0.25, -0.2) is 18.1 Å². The molecule has 1 aromatic rings. The minimum atomic E-state index is -3.68. The fourth-order valence-corrected chi connectivity index (χ4v) is 2.42. The van der Waals surface area contributed by atoms with Crippen LogP contribution in [0, 0.1) is 6.92 Å². The van der Waals surface area contributed by atoms with Gasteiger partial charge in [0.15, 0.2) is 6.39 Å². The molecule has 0 aliphatic carbocycles. The number of aliphatic hydroxyl groups excluding tert-OH is 1. The highest BCUT2D eigenvalue weighted by Gasteiger charge is 2.21. The van der Waals surface area contributed by atoms with Gasteiger partial charge >= 0.3 is 0 Å². The molecule has 0 aliphatic rings. The Bertz CT molecular complexity index is 426. The number of hydrogen-bond donors (Lipinski definition) is 2. The highest BCUT2D eigenvalue weighted by atomic mass is 32.2. The third kappa shape index (κ3) is 3.29. The van der Waals surface area contributed by atoms with Crippen LogP contribution in [-0.4, -0.2) is 31.2 Å². The van der Waals surface area contributed by atoms with Crippen LogP contribution in [0.5, 0.6) is 0 Å². The van der Waals surface area contributed by atoms with Crippen LogP contribution >= 0.6 is 0 Å². The quantitative estimate of drug-likeness (QED) is 0.761. The van der Waals surface area contributed by atoms with E-state index in [1.807, 2.05) is 6.92 Å². The second-order valence-corrected chi connectivity index (χ2v) is 5.19. The lowest BCUT2D eigenvalue weighted by Gasteiger charge is -2.09. The molecule has 6 nitrogen and oxygen atoms in total. The van der Waals surface area contributed by atoms with Gasteiger partial charge in [-0.1, -0.05) is 13.3 Å². The Labute approximate surface area is 94.7 Å². The van der Waals surface area contributed by atoms with Crippen molar-refractivity contribution in [3.05, 3.63) is 12.2 Å². The standard InChI is InChI=1S/C9H16N2O4S/c1-3-4-8(12)5-11-16(13,14)9-7(2)15-6-10-9/h6,8,11-12H,3-5H2,1-2H3. The summed E-state index contributed by atoms with van der Waals surface area (Å²) in [4.78, 5) is 3.61. The van der Waals surface area contributed by atoms with E-state index in [-0.39, 0.29) is 17.3 Å². The van der Waals surface area contributed by atoms with Crippen molar-refractivity contribution in [2.45, 2.75) is 37.8 Å². The molecule has 1 atom stereocenters. The van der Waals surface area contributed by atoms with Gasteiger partial charge in [0.25, 0.3) is 10.0 Å². The molecule has 16 heavy (non-hydrogen) atoms. The molecular weight excluding hydrogens is 232 g/mol. The van der Waals surface area contributed by atoms with Crippen LogP contribution in [0.15, 0.2) is 15.8 Å². The highest BCUT2D eigenvalue weighted by Crippen LogP contribution is 2.11. The summed E-state index contributed by atoms with van der Waals surface area (Å²) in [5, 5.41) is 9.28. The van der Waals surface area contributed by atoms with Crippen molar-refractivity contribution >= 4 is 10.0 Å². The van der Waals surface area contributed by atoms with E-state index in [2.05, 4.69) is 9.71 Å². The Hall–Kier alpha value is -0.920. The third-order valence-electron chi connectivity index (χ3n) is 2.09. The average molecular weight is 248 g/mol. The van der Waals surface area contributed by atoms with Gasteiger partial charge in [-0.05, 0) is 13.3 Å². The van der Waals surface area contributed by atoms with Crippen LogP contribution in [0.3, 0.4) is 0 Å².